The molecule has 4 heterocycles. The number of aryl methyl sites for hydroxylation is 2. The van der Waals surface area contributed by atoms with Gasteiger partial charge in [0.25, 0.3) is 0 Å². The Hall–Kier alpha value is -3.37. The molecule has 1 aromatic carbocycles. The van der Waals surface area contributed by atoms with Crippen LogP contribution >= 0.6 is 0 Å². The van der Waals surface area contributed by atoms with Crippen LogP contribution in [0.2, 0.25) is 0 Å². The molecule has 2 bridgehead atoms. The van der Waals surface area contributed by atoms with Crippen LogP contribution < -0.4 is 15.0 Å². The van der Waals surface area contributed by atoms with Crippen LogP contribution in [0, 0.1) is 36.2 Å². The van der Waals surface area contributed by atoms with Gasteiger partial charge in [-0.1, -0.05) is 0 Å². The molecular weight excluding hydrogens is 471 g/mol. The lowest BCUT2D eigenvalue weighted by Crippen LogP contribution is -2.48. The zero-order valence-corrected chi connectivity index (χ0v) is 20.0. The van der Waals surface area contributed by atoms with Gasteiger partial charge in [-0.05, 0) is 63.0 Å². The molecule has 1 N–H and O–H groups in total. The summed E-state index contributed by atoms with van der Waals surface area (Å²) in [4.78, 5) is 15.7. The van der Waals surface area contributed by atoms with Gasteiger partial charge in [0.1, 0.15) is 12.1 Å². The maximum atomic E-state index is 14.3. The number of ether oxygens (including phenoxy) is 1. The van der Waals surface area contributed by atoms with Gasteiger partial charge in [-0.3, -0.25) is 0 Å². The highest BCUT2D eigenvalue weighted by molar-refractivity contribution is 5.41. The van der Waals surface area contributed by atoms with Gasteiger partial charge >= 0.3 is 0 Å². The summed E-state index contributed by atoms with van der Waals surface area (Å²) in [5.41, 5.74) is 0.955. The molecule has 8 nitrogen and oxygen atoms in total. The SMILES string of the molecule is Cc1cc(N2C[C@H]3CC[C@@H](C2)[C@@H]3Nc2nc3n(n2)CCCC[C@H]3Oc2ccc(F)c(F)c2F)ncn1. The van der Waals surface area contributed by atoms with Crippen molar-refractivity contribution >= 4 is 11.8 Å². The Morgan fingerprint density at radius 3 is 2.58 bits per heavy atom. The first-order chi connectivity index (χ1) is 17.5. The number of nitrogens with one attached hydrogen (secondary N) is 1. The van der Waals surface area contributed by atoms with Crippen LogP contribution in [0.3, 0.4) is 0 Å². The summed E-state index contributed by atoms with van der Waals surface area (Å²) >= 11 is 0. The van der Waals surface area contributed by atoms with Crippen molar-refractivity contribution in [1.29, 1.82) is 0 Å². The third-order valence-corrected chi connectivity index (χ3v) is 7.59. The van der Waals surface area contributed by atoms with Crippen molar-refractivity contribution in [2.45, 2.75) is 57.7 Å². The molecule has 4 atom stereocenters. The molecule has 3 aliphatic rings. The van der Waals surface area contributed by atoms with Crippen LogP contribution in [0.15, 0.2) is 24.5 Å². The number of aromatic nitrogens is 5. The van der Waals surface area contributed by atoms with Gasteiger partial charge in [0.2, 0.25) is 11.8 Å². The second kappa shape index (κ2) is 9.25. The molecule has 190 valence electrons. The molecule has 3 aromatic rings. The van der Waals surface area contributed by atoms with E-state index in [1.807, 2.05) is 13.0 Å². The summed E-state index contributed by atoms with van der Waals surface area (Å²) in [6.45, 7) is 4.45. The van der Waals surface area contributed by atoms with Gasteiger partial charge in [0, 0.05) is 37.4 Å². The summed E-state index contributed by atoms with van der Waals surface area (Å²) in [6.07, 6.45) is 5.54. The monoisotopic (exact) mass is 499 g/mol. The van der Waals surface area contributed by atoms with Crippen LogP contribution in [-0.2, 0) is 6.54 Å². The Balaban J connectivity index is 1.19. The highest BCUT2D eigenvalue weighted by Gasteiger charge is 2.43. The molecular formula is C25H28F3N7O. The number of halogens is 3. The minimum absolute atomic E-state index is 0.249. The number of benzene rings is 1. The number of fused-ring (bicyclic) bond motifs is 3. The van der Waals surface area contributed by atoms with E-state index in [-0.39, 0.29) is 11.8 Å². The van der Waals surface area contributed by atoms with Gasteiger partial charge in [-0.15, -0.1) is 5.10 Å². The fraction of sp³-hybridized carbons (Fsp3) is 0.520. The number of nitrogens with zero attached hydrogens (tertiary/aromatic N) is 6. The van der Waals surface area contributed by atoms with Crippen molar-refractivity contribution in [1.82, 2.24) is 24.7 Å². The Morgan fingerprint density at radius 1 is 1.00 bits per heavy atom. The van der Waals surface area contributed by atoms with Crippen LogP contribution in [0.1, 0.15) is 49.7 Å². The molecule has 1 saturated heterocycles. The average molecular weight is 500 g/mol. The van der Waals surface area contributed by atoms with Gasteiger partial charge in [-0.25, -0.2) is 23.4 Å². The van der Waals surface area contributed by atoms with E-state index in [0.717, 1.165) is 62.4 Å². The van der Waals surface area contributed by atoms with Gasteiger partial charge < -0.3 is 15.0 Å². The maximum Gasteiger partial charge on any atom is 0.242 e. The molecule has 2 fully saturated rings. The van der Waals surface area contributed by atoms with Crippen molar-refractivity contribution < 1.29 is 17.9 Å². The molecule has 36 heavy (non-hydrogen) atoms. The molecule has 11 heteroatoms. The van der Waals surface area contributed by atoms with Crippen molar-refractivity contribution in [3.63, 3.8) is 0 Å². The minimum Gasteiger partial charge on any atom is -0.479 e. The highest BCUT2D eigenvalue weighted by Crippen LogP contribution is 2.40. The summed E-state index contributed by atoms with van der Waals surface area (Å²) < 4.78 is 49.0. The minimum atomic E-state index is -1.54. The number of hydrogen-bond donors (Lipinski definition) is 1. The Kier molecular flexibility index (Phi) is 5.93. The normalized spacial score (nSPS) is 25.4. The van der Waals surface area contributed by atoms with E-state index in [1.54, 1.807) is 11.0 Å². The number of piperidine rings is 1. The Labute approximate surface area is 206 Å². The van der Waals surface area contributed by atoms with Gasteiger partial charge in [0.05, 0.1) is 0 Å². The van der Waals surface area contributed by atoms with Gasteiger partial charge in [-0.2, -0.15) is 9.37 Å². The first-order valence-corrected chi connectivity index (χ1v) is 12.5. The standard InChI is InChI=1S/C25H28F3N7O/c1-14-10-20(30-13-29-14)34-11-15-5-6-16(12-34)23(15)31-25-32-24-19(4-2-3-9-35(24)33-25)36-18-8-7-17(26)21(27)22(18)28/h7-8,10,13,15-16,19,23H,2-6,9,11-12H2,1H3,(H,31,33)/t15-,16+,19-,23-/m1/s1. The van der Waals surface area contributed by atoms with Crippen molar-refractivity contribution in [2.24, 2.45) is 11.8 Å². The average Bonchev–Trinajstić information content (AvgIpc) is 3.29. The largest absolute Gasteiger partial charge is 0.479 e. The third-order valence-electron chi connectivity index (χ3n) is 7.59. The second-order valence-electron chi connectivity index (χ2n) is 9.98. The lowest BCUT2D eigenvalue weighted by molar-refractivity contribution is 0.172. The molecule has 0 radical (unpaired) electrons. The molecule has 1 saturated carbocycles. The zero-order chi connectivity index (χ0) is 24.8. The quantitative estimate of drug-likeness (QED) is 0.521. The highest BCUT2D eigenvalue weighted by atomic mass is 19.2. The van der Waals surface area contributed by atoms with Crippen LogP contribution in [0.4, 0.5) is 24.9 Å². The number of anilines is 2. The molecule has 0 amide bonds. The Morgan fingerprint density at radius 2 is 1.81 bits per heavy atom. The van der Waals surface area contributed by atoms with Crippen molar-refractivity contribution in [3.05, 3.63) is 53.5 Å². The van der Waals surface area contributed by atoms with E-state index in [9.17, 15) is 13.2 Å². The third kappa shape index (κ3) is 4.24. The first kappa shape index (κ1) is 23.1. The van der Waals surface area contributed by atoms with E-state index < -0.39 is 23.6 Å². The summed E-state index contributed by atoms with van der Waals surface area (Å²) in [5.74, 6) is -1.50. The molecule has 1 aliphatic carbocycles. The van der Waals surface area contributed by atoms with Crippen LogP contribution in [0.5, 0.6) is 5.75 Å². The molecule has 0 unspecified atom stereocenters. The summed E-state index contributed by atoms with van der Waals surface area (Å²) in [5, 5.41) is 8.26. The predicted molar refractivity (Wildman–Crippen MR) is 126 cm³/mol. The number of rotatable bonds is 5. The fourth-order valence-electron chi connectivity index (χ4n) is 5.81. The van der Waals surface area contributed by atoms with Gasteiger partial charge in [0.15, 0.2) is 29.3 Å². The number of hydrogen-bond acceptors (Lipinski definition) is 7. The molecule has 2 aliphatic heterocycles. The smallest absolute Gasteiger partial charge is 0.242 e. The molecule has 2 aromatic heterocycles. The molecule has 0 spiro atoms. The lowest BCUT2D eigenvalue weighted by atomic mass is 9.92. The topological polar surface area (TPSA) is 81.0 Å². The lowest BCUT2D eigenvalue weighted by Gasteiger charge is -2.38. The van der Waals surface area contributed by atoms with E-state index in [1.165, 1.54) is 0 Å². The first-order valence-electron chi connectivity index (χ1n) is 12.5. The zero-order valence-electron chi connectivity index (χ0n) is 20.0. The van der Waals surface area contributed by atoms with Crippen LogP contribution in [-0.4, -0.2) is 43.9 Å². The van der Waals surface area contributed by atoms with E-state index >= 15 is 0 Å². The van der Waals surface area contributed by atoms with E-state index in [4.69, 9.17) is 9.72 Å². The maximum absolute atomic E-state index is 14.3. The fourth-order valence-corrected chi connectivity index (χ4v) is 5.81. The predicted octanol–water partition coefficient (Wildman–Crippen LogP) is 4.42. The Bertz CT molecular complexity index is 1250. The van der Waals surface area contributed by atoms with E-state index in [0.29, 0.717) is 36.6 Å². The van der Waals surface area contributed by atoms with Crippen molar-refractivity contribution in [2.75, 3.05) is 23.3 Å². The van der Waals surface area contributed by atoms with Crippen LogP contribution in [0.25, 0.3) is 0 Å². The van der Waals surface area contributed by atoms with E-state index in [2.05, 4.69) is 25.3 Å². The second-order valence-corrected chi connectivity index (χ2v) is 9.98. The summed E-state index contributed by atoms with van der Waals surface area (Å²) in [7, 11) is 0. The van der Waals surface area contributed by atoms with Crippen molar-refractivity contribution in [3.8, 4) is 5.75 Å². The summed E-state index contributed by atoms with van der Waals surface area (Å²) in [6, 6.07) is 4.26. The molecule has 6 rings (SSSR count).